The van der Waals surface area contributed by atoms with E-state index in [1.807, 2.05) is 24.3 Å². The Morgan fingerprint density at radius 2 is 1.16 bits per heavy atom. The SMILES string of the molecule is CC(C)(C)C1(C(C)(C)C)C=C(n2nc3ccccc3n2)C(O)C(C(C)(C)C)(C(C)(C)C)C1. The Morgan fingerprint density at radius 1 is 0.750 bits per heavy atom. The minimum Gasteiger partial charge on any atom is -0.386 e. The summed E-state index contributed by atoms with van der Waals surface area (Å²) in [7, 11) is 0. The maximum absolute atomic E-state index is 12.2. The third kappa shape index (κ3) is 3.45. The molecule has 0 saturated carbocycles. The summed E-state index contributed by atoms with van der Waals surface area (Å²) in [4.78, 5) is 1.72. The second-order valence-corrected chi connectivity index (χ2v) is 14.1. The summed E-state index contributed by atoms with van der Waals surface area (Å²) in [6, 6.07) is 7.93. The van der Waals surface area contributed by atoms with Crippen molar-refractivity contribution >= 4 is 16.7 Å². The van der Waals surface area contributed by atoms with Crippen molar-refractivity contribution in [3.05, 3.63) is 30.3 Å². The molecule has 2 aromatic rings. The van der Waals surface area contributed by atoms with Gasteiger partial charge in [0.05, 0.1) is 5.70 Å². The van der Waals surface area contributed by atoms with Crippen LogP contribution < -0.4 is 0 Å². The monoisotopic (exact) mass is 439 g/mol. The number of rotatable bonds is 1. The van der Waals surface area contributed by atoms with Gasteiger partial charge in [-0.1, -0.05) is 101 Å². The molecule has 1 heterocycles. The highest BCUT2D eigenvalue weighted by Crippen LogP contribution is 2.70. The molecule has 0 fully saturated rings. The maximum Gasteiger partial charge on any atom is 0.113 e. The van der Waals surface area contributed by atoms with Crippen molar-refractivity contribution < 1.29 is 5.11 Å². The van der Waals surface area contributed by atoms with Crippen LogP contribution in [0.5, 0.6) is 0 Å². The van der Waals surface area contributed by atoms with Gasteiger partial charge in [-0.2, -0.15) is 4.80 Å². The number of benzene rings is 1. The number of aliphatic hydroxyl groups is 1. The van der Waals surface area contributed by atoms with Crippen molar-refractivity contribution in [2.45, 2.75) is 95.6 Å². The van der Waals surface area contributed by atoms with Crippen molar-refractivity contribution in [3.8, 4) is 0 Å². The van der Waals surface area contributed by atoms with Gasteiger partial charge in [-0.15, -0.1) is 10.2 Å². The van der Waals surface area contributed by atoms with Gasteiger partial charge in [0.1, 0.15) is 17.1 Å². The Bertz CT molecular complexity index is 955. The van der Waals surface area contributed by atoms with Gasteiger partial charge < -0.3 is 5.11 Å². The zero-order valence-corrected chi connectivity index (χ0v) is 22.5. The molecule has 0 amide bonds. The van der Waals surface area contributed by atoms with Gasteiger partial charge in [0.15, 0.2) is 0 Å². The van der Waals surface area contributed by atoms with Gasteiger partial charge in [0.25, 0.3) is 0 Å². The lowest BCUT2D eigenvalue weighted by Crippen LogP contribution is -2.63. The molecule has 1 atom stereocenters. The van der Waals surface area contributed by atoms with E-state index in [0.29, 0.717) is 0 Å². The lowest BCUT2D eigenvalue weighted by Gasteiger charge is -2.66. The molecule has 1 unspecified atom stereocenters. The molecular weight excluding hydrogens is 394 g/mol. The molecule has 0 radical (unpaired) electrons. The van der Waals surface area contributed by atoms with Crippen molar-refractivity contribution in [1.82, 2.24) is 15.0 Å². The van der Waals surface area contributed by atoms with Gasteiger partial charge in [-0.25, -0.2) is 0 Å². The Kier molecular flexibility index (Phi) is 5.58. The van der Waals surface area contributed by atoms with Gasteiger partial charge in [0.2, 0.25) is 0 Å². The Balaban J connectivity index is 2.46. The van der Waals surface area contributed by atoms with E-state index in [1.165, 1.54) is 0 Å². The summed E-state index contributed by atoms with van der Waals surface area (Å²) in [5.74, 6) is 0. The number of hydrogen-bond acceptors (Lipinski definition) is 3. The minimum atomic E-state index is -0.692. The van der Waals surface area contributed by atoms with Crippen LogP contribution in [0.3, 0.4) is 0 Å². The molecule has 4 heteroatoms. The molecule has 0 spiro atoms. The van der Waals surface area contributed by atoms with Crippen LogP contribution in [0, 0.1) is 32.5 Å². The molecule has 3 rings (SSSR count). The number of allylic oxidation sites excluding steroid dienone is 1. The zero-order valence-electron chi connectivity index (χ0n) is 22.5. The molecule has 0 bridgehead atoms. The van der Waals surface area contributed by atoms with Gasteiger partial charge in [-0.3, -0.25) is 0 Å². The van der Waals surface area contributed by atoms with E-state index in [4.69, 9.17) is 10.2 Å². The Hall–Kier alpha value is -1.68. The third-order valence-corrected chi connectivity index (χ3v) is 8.57. The highest BCUT2D eigenvalue weighted by atomic mass is 16.3. The van der Waals surface area contributed by atoms with E-state index >= 15 is 0 Å². The predicted molar refractivity (Wildman–Crippen MR) is 135 cm³/mol. The van der Waals surface area contributed by atoms with E-state index in [9.17, 15) is 5.11 Å². The van der Waals surface area contributed by atoms with E-state index in [1.54, 1.807) is 4.80 Å². The van der Waals surface area contributed by atoms with Crippen LogP contribution in [-0.2, 0) is 0 Å². The number of fused-ring (bicyclic) bond motifs is 1. The summed E-state index contributed by atoms with van der Waals surface area (Å²) >= 11 is 0. The molecular formula is C28H45N3O. The lowest BCUT2D eigenvalue weighted by atomic mass is 9.39. The normalized spacial score (nSPS) is 22.2. The minimum absolute atomic E-state index is 0.0367. The van der Waals surface area contributed by atoms with Crippen LogP contribution in [0.25, 0.3) is 16.7 Å². The van der Waals surface area contributed by atoms with Gasteiger partial charge in [0, 0.05) is 10.8 Å². The fraction of sp³-hybridized carbons (Fsp3) is 0.714. The third-order valence-electron chi connectivity index (χ3n) is 8.57. The number of aliphatic hydroxyl groups excluding tert-OH is 1. The lowest BCUT2D eigenvalue weighted by molar-refractivity contribution is -0.171. The average molecular weight is 440 g/mol. The van der Waals surface area contributed by atoms with Crippen molar-refractivity contribution in [2.75, 3.05) is 0 Å². The fourth-order valence-corrected chi connectivity index (χ4v) is 6.88. The second kappa shape index (κ2) is 7.16. The summed E-state index contributed by atoms with van der Waals surface area (Å²) in [5, 5.41) is 21.9. The van der Waals surface area contributed by atoms with E-state index in [2.05, 4.69) is 89.2 Å². The first kappa shape index (κ1) is 25.0. The first-order valence-electron chi connectivity index (χ1n) is 12.0. The number of hydrogen-bond donors (Lipinski definition) is 1. The van der Waals surface area contributed by atoms with Crippen molar-refractivity contribution in [3.63, 3.8) is 0 Å². The molecule has 178 valence electrons. The van der Waals surface area contributed by atoms with Crippen molar-refractivity contribution in [1.29, 1.82) is 0 Å². The molecule has 0 saturated heterocycles. The maximum atomic E-state index is 12.2. The van der Waals surface area contributed by atoms with Gasteiger partial charge in [-0.05, 0) is 40.2 Å². The number of nitrogens with zero attached hydrogens (tertiary/aromatic N) is 3. The highest BCUT2D eigenvalue weighted by Gasteiger charge is 2.65. The first-order valence-corrected chi connectivity index (χ1v) is 12.0. The van der Waals surface area contributed by atoms with Crippen LogP contribution in [0.4, 0.5) is 0 Å². The summed E-state index contributed by atoms with van der Waals surface area (Å²) in [6.07, 6.45) is 2.53. The van der Waals surface area contributed by atoms with Gasteiger partial charge >= 0.3 is 0 Å². The quantitative estimate of drug-likeness (QED) is 0.511. The molecule has 1 aromatic heterocycles. The standard InChI is InChI=1S/C28H45N3O/c1-23(2,3)27(24(4,5)6)17-21(31-29-19-15-13-14-16-20(19)30-31)22(32)28(18-27,25(7,8)9)26(10,11)12/h13-17,22,32H,18H2,1-12H3. The van der Waals surface area contributed by atoms with E-state index in [-0.39, 0.29) is 27.1 Å². The van der Waals surface area contributed by atoms with E-state index in [0.717, 1.165) is 23.2 Å². The summed E-state index contributed by atoms with van der Waals surface area (Å²) in [6.45, 7) is 27.8. The predicted octanol–water partition coefficient (Wildman–Crippen LogP) is 7.19. The van der Waals surface area contributed by atoms with Crippen LogP contribution in [0.2, 0.25) is 0 Å². The average Bonchev–Trinajstić information content (AvgIpc) is 3.01. The Morgan fingerprint density at radius 3 is 1.50 bits per heavy atom. The summed E-state index contributed by atoms with van der Waals surface area (Å²) < 4.78 is 0. The molecule has 4 nitrogen and oxygen atoms in total. The highest BCUT2D eigenvalue weighted by molar-refractivity contribution is 5.74. The van der Waals surface area contributed by atoms with Crippen LogP contribution in [0.1, 0.15) is 89.5 Å². The fourth-order valence-electron chi connectivity index (χ4n) is 6.88. The Labute approximate surface area is 195 Å². The molecule has 1 N–H and O–H groups in total. The zero-order chi connectivity index (χ0) is 24.5. The van der Waals surface area contributed by atoms with Crippen molar-refractivity contribution in [2.24, 2.45) is 32.5 Å². The summed E-state index contributed by atoms with van der Waals surface area (Å²) in [5.41, 5.74) is 1.54. The smallest absolute Gasteiger partial charge is 0.113 e. The topological polar surface area (TPSA) is 50.9 Å². The first-order chi connectivity index (χ1) is 14.3. The second-order valence-electron chi connectivity index (χ2n) is 14.1. The molecule has 0 aliphatic heterocycles. The molecule has 1 aromatic carbocycles. The molecule has 32 heavy (non-hydrogen) atoms. The van der Waals surface area contributed by atoms with Crippen LogP contribution in [-0.4, -0.2) is 26.2 Å². The molecule has 1 aliphatic carbocycles. The van der Waals surface area contributed by atoms with E-state index < -0.39 is 11.5 Å². The number of aromatic nitrogens is 3. The largest absolute Gasteiger partial charge is 0.386 e. The van der Waals surface area contributed by atoms with Crippen LogP contribution in [0.15, 0.2) is 30.3 Å². The van der Waals surface area contributed by atoms with Crippen LogP contribution >= 0.6 is 0 Å². The molecule has 1 aliphatic rings.